The molecule has 14 heavy (non-hydrogen) atoms. The number of furan rings is 1. The summed E-state index contributed by atoms with van der Waals surface area (Å²) in [6.07, 6.45) is 4.09. The van der Waals surface area contributed by atoms with Crippen molar-refractivity contribution in [2.75, 3.05) is 11.5 Å². The summed E-state index contributed by atoms with van der Waals surface area (Å²) in [6, 6.07) is 1.86. The smallest absolute Gasteiger partial charge is 0.102 e. The van der Waals surface area contributed by atoms with E-state index in [0.29, 0.717) is 0 Å². The fraction of sp³-hybridized carbons (Fsp3) is 0.636. The highest BCUT2D eigenvalue weighted by Crippen LogP contribution is 2.44. The summed E-state index contributed by atoms with van der Waals surface area (Å²) in [5.41, 5.74) is 0.423. The largest absolute Gasteiger partial charge is 0.472 e. The van der Waals surface area contributed by atoms with Crippen molar-refractivity contribution < 1.29 is 9.52 Å². The zero-order chi connectivity index (χ0) is 10.2. The van der Waals surface area contributed by atoms with Gasteiger partial charge in [0, 0.05) is 11.3 Å². The Labute approximate surface area is 88.7 Å². The number of hydrogen-bond donors (Lipinski definition) is 1. The third kappa shape index (κ3) is 1.84. The van der Waals surface area contributed by atoms with Gasteiger partial charge in [-0.15, -0.1) is 0 Å². The average molecular weight is 212 g/mol. The lowest BCUT2D eigenvalue weighted by molar-refractivity contribution is 0.0151. The van der Waals surface area contributed by atoms with Crippen LogP contribution < -0.4 is 0 Å². The van der Waals surface area contributed by atoms with Gasteiger partial charge < -0.3 is 9.52 Å². The second kappa shape index (κ2) is 3.31. The molecule has 1 aliphatic heterocycles. The minimum Gasteiger partial charge on any atom is -0.472 e. The predicted molar refractivity (Wildman–Crippen MR) is 58.3 cm³/mol. The Hall–Kier alpha value is -0.410. The molecule has 1 saturated heterocycles. The van der Waals surface area contributed by atoms with Crippen LogP contribution in [0, 0.1) is 5.41 Å². The SMILES string of the molecule is CC1(C)CSCC(O)(c2ccoc2)C1. The van der Waals surface area contributed by atoms with Crippen LogP contribution in [0.1, 0.15) is 25.8 Å². The molecule has 3 heteroatoms. The summed E-state index contributed by atoms with van der Waals surface area (Å²) < 4.78 is 5.03. The number of thioether (sulfide) groups is 1. The Balaban J connectivity index is 2.24. The second-order valence-electron chi connectivity index (χ2n) is 4.88. The zero-order valence-electron chi connectivity index (χ0n) is 8.62. The molecule has 0 aromatic carbocycles. The maximum absolute atomic E-state index is 10.5. The maximum Gasteiger partial charge on any atom is 0.102 e. The summed E-state index contributed by atoms with van der Waals surface area (Å²) in [5.74, 6) is 1.89. The average Bonchev–Trinajstić information content (AvgIpc) is 2.52. The molecule has 1 aromatic heterocycles. The lowest BCUT2D eigenvalue weighted by Gasteiger charge is -2.40. The fourth-order valence-corrected chi connectivity index (χ4v) is 3.47. The van der Waals surface area contributed by atoms with Crippen LogP contribution in [-0.4, -0.2) is 16.6 Å². The van der Waals surface area contributed by atoms with E-state index in [4.69, 9.17) is 4.42 Å². The van der Waals surface area contributed by atoms with Crippen molar-refractivity contribution in [1.82, 2.24) is 0 Å². The van der Waals surface area contributed by atoms with Crippen LogP contribution in [0.3, 0.4) is 0 Å². The summed E-state index contributed by atoms with van der Waals surface area (Å²) in [7, 11) is 0. The number of aliphatic hydroxyl groups is 1. The van der Waals surface area contributed by atoms with Gasteiger partial charge in [0.05, 0.1) is 12.5 Å². The Kier molecular flexibility index (Phi) is 2.40. The first-order chi connectivity index (χ1) is 6.52. The number of hydrogen-bond acceptors (Lipinski definition) is 3. The first kappa shape index (κ1) is 10.1. The van der Waals surface area contributed by atoms with Crippen molar-refractivity contribution >= 4 is 11.8 Å². The molecule has 0 amide bonds. The Morgan fingerprint density at radius 1 is 1.43 bits per heavy atom. The van der Waals surface area contributed by atoms with Crippen LogP contribution in [0.5, 0.6) is 0 Å². The third-order valence-corrected chi connectivity index (χ3v) is 4.33. The molecule has 78 valence electrons. The van der Waals surface area contributed by atoms with Gasteiger partial charge in [-0.2, -0.15) is 11.8 Å². The molecule has 1 aromatic rings. The van der Waals surface area contributed by atoms with Crippen molar-refractivity contribution in [3.8, 4) is 0 Å². The fourth-order valence-electron chi connectivity index (χ4n) is 2.10. The van der Waals surface area contributed by atoms with Crippen LogP contribution in [0.2, 0.25) is 0 Å². The van der Waals surface area contributed by atoms with Crippen molar-refractivity contribution in [1.29, 1.82) is 0 Å². The van der Waals surface area contributed by atoms with E-state index in [-0.39, 0.29) is 5.41 Å². The Morgan fingerprint density at radius 2 is 2.21 bits per heavy atom. The normalized spacial score (nSPS) is 31.6. The molecule has 0 aliphatic carbocycles. The summed E-state index contributed by atoms with van der Waals surface area (Å²) in [6.45, 7) is 4.40. The molecule has 2 heterocycles. The molecule has 1 unspecified atom stereocenters. The summed E-state index contributed by atoms with van der Waals surface area (Å²) in [5, 5.41) is 10.5. The van der Waals surface area contributed by atoms with Crippen LogP contribution in [0.4, 0.5) is 0 Å². The highest BCUT2D eigenvalue weighted by molar-refractivity contribution is 7.99. The molecular weight excluding hydrogens is 196 g/mol. The van der Waals surface area contributed by atoms with Gasteiger partial charge in [0.15, 0.2) is 0 Å². The van der Waals surface area contributed by atoms with Crippen LogP contribution in [0.15, 0.2) is 23.0 Å². The van der Waals surface area contributed by atoms with E-state index >= 15 is 0 Å². The minimum absolute atomic E-state index is 0.203. The third-order valence-electron chi connectivity index (χ3n) is 2.66. The molecular formula is C11H16O2S. The predicted octanol–water partition coefficient (Wildman–Crippen LogP) is 2.63. The van der Waals surface area contributed by atoms with Crippen LogP contribution >= 0.6 is 11.8 Å². The van der Waals surface area contributed by atoms with Crippen molar-refractivity contribution in [3.63, 3.8) is 0 Å². The van der Waals surface area contributed by atoms with Gasteiger partial charge >= 0.3 is 0 Å². The highest BCUT2D eigenvalue weighted by atomic mass is 32.2. The molecule has 1 N–H and O–H groups in total. The quantitative estimate of drug-likeness (QED) is 0.777. The second-order valence-corrected chi connectivity index (χ2v) is 5.86. The lowest BCUT2D eigenvalue weighted by Crippen LogP contribution is -2.39. The molecule has 2 nitrogen and oxygen atoms in total. The van der Waals surface area contributed by atoms with E-state index in [1.54, 1.807) is 12.5 Å². The number of rotatable bonds is 1. The Bertz CT molecular complexity index is 305. The van der Waals surface area contributed by atoms with Crippen LogP contribution in [-0.2, 0) is 5.60 Å². The van der Waals surface area contributed by atoms with Gasteiger partial charge in [0.1, 0.15) is 5.60 Å². The lowest BCUT2D eigenvalue weighted by atomic mass is 9.79. The zero-order valence-corrected chi connectivity index (χ0v) is 9.43. The van der Waals surface area contributed by atoms with E-state index in [0.717, 1.165) is 23.5 Å². The molecule has 0 spiro atoms. The van der Waals surface area contributed by atoms with Crippen molar-refractivity contribution in [3.05, 3.63) is 24.2 Å². The first-order valence-corrected chi connectivity index (χ1v) is 6.00. The van der Waals surface area contributed by atoms with Gasteiger partial charge in [-0.1, -0.05) is 13.8 Å². The maximum atomic E-state index is 10.5. The summed E-state index contributed by atoms with van der Waals surface area (Å²) in [4.78, 5) is 0. The monoisotopic (exact) mass is 212 g/mol. The topological polar surface area (TPSA) is 33.4 Å². The van der Waals surface area contributed by atoms with Gasteiger partial charge in [-0.3, -0.25) is 0 Å². The minimum atomic E-state index is -0.695. The van der Waals surface area contributed by atoms with Gasteiger partial charge in [0.2, 0.25) is 0 Å². The molecule has 1 fully saturated rings. The van der Waals surface area contributed by atoms with Gasteiger partial charge in [-0.25, -0.2) is 0 Å². The molecule has 1 atom stereocenters. The van der Waals surface area contributed by atoms with E-state index < -0.39 is 5.60 Å². The molecule has 0 saturated carbocycles. The van der Waals surface area contributed by atoms with E-state index in [1.165, 1.54) is 0 Å². The standard InChI is InChI=1S/C11H16O2S/c1-10(2)6-11(12,8-14-7-10)9-3-4-13-5-9/h3-5,12H,6-8H2,1-2H3. The summed E-state index contributed by atoms with van der Waals surface area (Å²) >= 11 is 1.82. The molecule has 1 aliphatic rings. The highest BCUT2D eigenvalue weighted by Gasteiger charge is 2.40. The molecule has 0 bridgehead atoms. The van der Waals surface area contributed by atoms with E-state index in [2.05, 4.69) is 13.8 Å². The molecule has 2 rings (SSSR count). The van der Waals surface area contributed by atoms with Crippen molar-refractivity contribution in [2.24, 2.45) is 5.41 Å². The van der Waals surface area contributed by atoms with Crippen molar-refractivity contribution in [2.45, 2.75) is 25.9 Å². The van der Waals surface area contributed by atoms with Gasteiger partial charge in [0.25, 0.3) is 0 Å². The van der Waals surface area contributed by atoms with E-state index in [9.17, 15) is 5.11 Å². The van der Waals surface area contributed by atoms with Crippen LogP contribution in [0.25, 0.3) is 0 Å². The Morgan fingerprint density at radius 3 is 2.79 bits per heavy atom. The van der Waals surface area contributed by atoms with E-state index in [1.807, 2.05) is 17.8 Å². The molecule has 0 radical (unpaired) electrons. The van der Waals surface area contributed by atoms with Gasteiger partial charge in [-0.05, 0) is 23.7 Å². The first-order valence-electron chi connectivity index (χ1n) is 4.85.